The van der Waals surface area contributed by atoms with Crippen LogP contribution in [0.3, 0.4) is 0 Å². The van der Waals surface area contributed by atoms with Crippen LogP contribution in [0.2, 0.25) is 19.6 Å². The van der Waals surface area contributed by atoms with Crippen molar-refractivity contribution in [3.63, 3.8) is 0 Å². The van der Waals surface area contributed by atoms with Gasteiger partial charge in [0.05, 0.1) is 85.9 Å². The van der Waals surface area contributed by atoms with Gasteiger partial charge in [-0.2, -0.15) is 0 Å². The van der Waals surface area contributed by atoms with Crippen molar-refractivity contribution in [2.75, 3.05) is 92.5 Å². The van der Waals surface area contributed by atoms with Crippen LogP contribution < -0.4 is 0 Å². The molecule has 0 fully saturated rings. The molecule has 0 saturated heterocycles. The molecule has 0 aliphatic rings. The van der Waals surface area contributed by atoms with E-state index in [0.717, 1.165) is 25.7 Å². The number of carbonyl (C=O) groups is 1. The first-order valence-electron chi connectivity index (χ1n) is 12.7. The standard InChI is InChI=1S/C24H50O9Si/c1-5-6-7-8-9-24(25)32-22-20-30-18-16-28-14-12-26-10-11-27-13-15-29-17-19-31-21-23-33-34(2,3)4/h5-23H2,1-4H3. The number of unbranched alkanes of at least 4 members (excludes halogenated alkanes) is 3. The highest BCUT2D eigenvalue weighted by Gasteiger charge is 2.13. The fraction of sp³-hybridized carbons (Fsp3) is 0.958. The number of esters is 1. The number of carbonyl (C=O) groups excluding carboxylic acids is 1. The molecule has 10 heteroatoms. The molecule has 0 N–H and O–H groups in total. The van der Waals surface area contributed by atoms with E-state index in [9.17, 15) is 4.79 Å². The van der Waals surface area contributed by atoms with E-state index in [-0.39, 0.29) is 5.97 Å². The van der Waals surface area contributed by atoms with Gasteiger partial charge in [-0.05, 0) is 26.1 Å². The highest BCUT2D eigenvalue weighted by atomic mass is 28.4. The average molecular weight is 511 g/mol. The molecular weight excluding hydrogens is 460 g/mol. The van der Waals surface area contributed by atoms with E-state index in [4.69, 9.17) is 37.6 Å². The van der Waals surface area contributed by atoms with E-state index in [2.05, 4.69) is 26.6 Å². The van der Waals surface area contributed by atoms with Gasteiger partial charge in [0.1, 0.15) is 6.61 Å². The van der Waals surface area contributed by atoms with E-state index in [1.54, 1.807) is 0 Å². The van der Waals surface area contributed by atoms with Gasteiger partial charge in [0, 0.05) is 6.42 Å². The maximum atomic E-state index is 11.5. The third-order valence-electron chi connectivity index (χ3n) is 4.35. The Balaban J connectivity index is 3.11. The van der Waals surface area contributed by atoms with Gasteiger partial charge >= 0.3 is 5.97 Å². The Morgan fingerprint density at radius 3 is 1.29 bits per heavy atom. The summed E-state index contributed by atoms with van der Waals surface area (Å²) in [6, 6.07) is 0. The van der Waals surface area contributed by atoms with Crippen LogP contribution in [0.1, 0.15) is 39.0 Å². The van der Waals surface area contributed by atoms with Crippen molar-refractivity contribution in [2.24, 2.45) is 0 Å². The van der Waals surface area contributed by atoms with Crippen LogP contribution in [0.15, 0.2) is 0 Å². The molecule has 0 aliphatic heterocycles. The van der Waals surface area contributed by atoms with Gasteiger partial charge in [0.15, 0.2) is 8.32 Å². The maximum absolute atomic E-state index is 11.5. The summed E-state index contributed by atoms with van der Waals surface area (Å²) in [7, 11) is -1.44. The summed E-state index contributed by atoms with van der Waals surface area (Å²) in [6.07, 6.45) is 4.80. The van der Waals surface area contributed by atoms with Gasteiger partial charge in [0.25, 0.3) is 0 Å². The van der Waals surface area contributed by atoms with Crippen molar-refractivity contribution in [1.29, 1.82) is 0 Å². The minimum Gasteiger partial charge on any atom is -0.463 e. The van der Waals surface area contributed by atoms with Crippen molar-refractivity contribution >= 4 is 14.3 Å². The fourth-order valence-corrected chi connectivity index (χ4v) is 3.29. The smallest absolute Gasteiger partial charge is 0.305 e. The second kappa shape index (κ2) is 25.5. The zero-order chi connectivity index (χ0) is 25.2. The summed E-state index contributed by atoms with van der Waals surface area (Å²) >= 11 is 0. The van der Waals surface area contributed by atoms with Gasteiger partial charge in [-0.15, -0.1) is 0 Å². The Kier molecular flexibility index (Phi) is 25.1. The first-order chi connectivity index (χ1) is 16.5. The summed E-state index contributed by atoms with van der Waals surface area (Å²) in [5, 5.41) is 0. The lowest BCUT2D eigenvalue weighted by Gasteiger charge is -2.16. The first-order valence-corrected chi connectivity index (χ1v) is 16.1. The minimum atomic E-state index is -1.44. The average Bonchev–Trinajstić information content (AvgIpc) is 2.79. The molecule has 9 nitrogen and oxygen atoms in total. The molecule has 0 aromatic rings. The van der Waals surface area contributed by atoms with Crippen molar-refractivity contribution < 1.29 is 42.4 Å². The van der Waals surface area contributed by atoms with Gasteiger partial charge in [-0.1, -0.05) is 26.2 Å². The molecule has 0 aromatic carbocycles. The van der Waals surface area contributed by atoms with Gasteiger partial charge in [-0.3, -0.25) is 4.79 Å². The van der Waals surface area contributed by atoms with E-state index < -0.39 is 8.32 Å². The van der Waals surface area contributed by atoms with Crippen molar-refractivity contribution in [2.45, 2.75) is 58.7 Å². The Hall–Kier alpha value is -0.593. The molecule has 0 unspecified atom stereocenters. The monoisotopic (exact) mass is 510 g/mol. The third-order valence-corrected chi connectivity index (χ3v) is 5.42. The van der Waals surface area contributed by atoms with E-state index in [1.807, 2.05) is 0 Å². The number of hydrogen-bond donors (Lipinski definition) is 0. The molecule has 0 amide bonds. The molecule has 0 saturated carbocycles. The molecule has 0 heterocycles. The van der Waals surface area contributed by atoms with E-state index >= 15 is 0 Å². The van der Waals surface area contributed by atoms with Crippen molar-refractivity contribution in [1.82, 2.24) is 0 Å². The molecule has 0 atom stereocenters. The van der Waals surface area contributed by atoms with Gasteiger partial charge in [-0.25, -0.2) is 0 Å². The summed E-state index contributed by atoms with van der Waals surface area (Å²) < 4.78 is 43.4. The summed E-state index contributed by atoms with van der Waals surface area (Å²) in [6.45, 7) is 15.8. The van der Waals surface area contributed by atoms with Crippen LogP contribution in [0, 0.1) is 0 Å². The van der Waals surface area contributed by atoms with Crippen LogP contribution in [0.5, 0.6) is 0 Å². The second-order valence-corrected chi connectivity index (χ2v) is 13.2. The van der Waals surface area contributed by atoms with Gasteiger partial charge < -0.3 is 37.6 Å². The highest BCUT2D eigenvalue weighted by molar-refractivity contribution is 6.69. The predicted molar refractivity (Wildman–Crippen MR) is 134 cm³/mol. The minimum absolute atomic E-state index is 0.145. The van der Waals surface area contributed by atoms with Crippen LogP contribution in [-0.2, 0) is 42.4 Å². The molecule has 0 aromatic heterocycles. The van der Waals surface area contributed by atoms with Crippen LogP contribution in [-0.4, -0.2) is 107 Å². The second-order valence-electron chi connectivity index (χ2n) is 8.67. The summed E-state index contributed by atoms with van der Waals surface area (Å²) in [5.74, 6) is -0.145. The number of ether oxygens (including phenoxy) is 7. The Bertz CT molecular complexity index is 433. The van der Waals surface area contributed by atoms with Crippen molar-refractivity contribution in [3.8, 4) is 0 Å². The Morgan fingerprint density at radius 1 is 0.529 bits per heavy atom. The topological polar surface area (TPSA) is 90.9 Å². The molecule has 204 valence electrons. The summed E-state index contributed by atoms with van der Waals surface area (Å²) in [5.41, 5.74) is 0. The zero-order valence-electron chi connectivity index (χ0n) is 22.1. The van der Waals surface area contributed by atoms with Gasteiger partial charge in [0.2, 0.25) is 0 Å². The molecule has 0 rings (SSSR count). The zero-order valence-corrected chi connectivity index (χ0v) is 23.1. The van der Waals surface area contributed by atoms with Crippen molar-refractivity contribution in [3.05, 3.63) is 0 Å². The number of rotatable bonds is 27. The van der Waals surface area contributed by atoms with Crippen LogP contribution in [0.4, 0.5) is 0 Å². The first kappa shape index (κ1) is 33.4. The normalized spacial score (nSPS) is 11.8. The van der Waals surface area contributed by atoms with Crippen LogP contribution in [0.25, 0.3) is 0 Å². The fourth-order valence-electron chi connectivity index (χ4n) is 2.59. The van der Waals surface area contributed by atoms with Crippen LogP contribution >= 0.6 is 0 Å². The molecule has 0 aliphatic carbocycles. The predicted octanol–water partition coefficient (Wildman–Crippen LogP) is 3.45. The Labute approximate surface area is 208 Å². The third kappa shape index (κ3) is 29.4. The lowest BCUT2D eigenvalue weighted by molar-refractivity contribution is -0.145. The van der Waals surface area contributed by atoms with E-state index in [1.165, 1.54) is 0 Å². The largest absolute Gasteiger partial charge is 0.463 e. The highest BCUT2D eigenvalue weighted by Crippen LogP contribution is 2.03. The molecule has 0 spiro atoms. The molecule has 0 radical (unpaired) electrons. The SMILES string of the molecule is CCCCCCC(=O)OCCOCCOCCOCCOCCOCCOCCO[Si](C)(C)C. The molecule has 0 bridgehead atoms. The lowest BCUT2D eigenvalue weighted by atomic mass is 10.2. The lowest BCUT2D eigenvalue weighted by Crippen LogP contribution is -2.27. The number of hydrogen-bond acceptors (Lipinski definition) is 9. The molecular formula is C24H50O9Si. The maximum Gasteiger partial charge on any atom is 0.305 e. The quantitative estimate of drug-likeness (QED) is 0.0936. The summed E-state index contributed by atoms with van der Waals surface area (Å²) in [4.78, 5) is 11.5. The van der Waals surface area contributed by atoms with E-state index in [0.29, 0.717) is 98.9 Å². The Morgan fingerprint density at radius 2 is 0.912 bits per heavy atom. The molecule has 34 heavy (non-hydrogen) atoms.